The number of hydrogen-bond donors (Lipinski definition) is 0. The van der Waals surface area contributed by atoms with E-state index in [1.54, 1.807) is 48.5 Å². The van der Waals surface area contributed by atoms with Gasteiger partial charge in [-0.1, -0.05) is 24.3 Å². The average Bonchev–Trinajstić information content (AvgIpc) is 3.37. The number of carbonyl (C=O) groups is 2. The summed E-state index contributed by atoms with van der Waals surface area (Å²) in [5.41, 5.74) is 1.02. The van der Waals surface area contributed by atoms with Gasteiger partial charge in [0.05, 0.1) is 29.2 Å². The molecule has 5 nitrogen and oxygen atoms in total. The zero-order valence-electron chi connectivity index (χ0n) is 14.4. The number of para-hydroxylation sites is 2. The number of anilines is 1. The van der Waals surface area contributed by atoms with Gasteiger partial charge in [-0.2, -0.15) is 5.26 Å². The maximum Gasteiger partial charge on any atom is 0.238 e. The summed E-state index contributed by atoms with van der Waals surface area (Å²) in [6.45, 7) is 0. The maximum absolute atomic E-state index is 13.1. The zero-order valence-corrected chi connectivity index (χ0v) is 14.4. The first-order valence-corrected chi connectivity index (χ1v) is 9.00. The molecule has 1 saturated carbocycles. The van der Waals surface area contributed by atoms with Gasteiger partial charge in [-0.25, -0.2) is 4.90 Å². The third-order valence-corrected chi connectivity index (χ3v) is 5.79. The number of carbonyl (C=O) groups excluding carboxylic acids is 2. The van der Waals surface area contributed by atoms with Gasteiger partial charge in [0, 0.05) is 0 Å². The molecule has 2 amide bonds. The highest BCUT2D eigenvalue weighted by molar-refractivity contribution is 6.23. The number of amides is 2. The van der Waals surface area contributed by atoms with E-state index in [2.05, 4.69) is 18.2 Å². The fraction of sp³-hybridized carbons (Fsp3) is 0.227. The Kier molecular flexibility index (Phi) is 3.41. The second kappa shape index (κ2) is 5.82. The lowest BCUT2D eigenvalue weighted by atomic mass is 9.85. The van der Waals surface area contributed by atoms with E-state index in [4.69, 9.17) is 10.00 Å². The minimum Gasteiger partial charge on any atom is -0.455 e. The van der Waals surface area contributed by atoms with Crippen LogP contribution in [-0.2, 0) is 9.59 Å². The lowest BCUT2D eigenvalue weighted by molar-refractivity contribution is -0.123. The van der Waals surface area contributed by atoms with Gasteiger partial charge < -0.3 is 4.74 Å². The largest absolute Gasteiger partial charge is 0.455 e. The van der Waals surface area contributed by atoms with Gasteiger partial charge in [0.25, 0.3) is 0 Å². The molecule has 27 heavy (non-hydrogen) atoms. The molecular weight excluding hydrogens is 340 g/mol. The fourth-order valence-electron chi connectivity index (χ4n) is 4.59. The molecule has 0 spiro atoms. The highest BCUT2D eigenvalue weighted by Crippen LogP contribution is 2.54. The minimum atomic E-state index is -0.240. The predicted octanol–water partition coefficient (Wildman–Crippen LogP) is 3.66. The van der Waals surface area contributed by atoms with Crippen molar-refractivity contribution < 1.29 is 14.3 Å². The monoisotopic (exact) mass is 356 g/mol. The molecule has 1 saturated heterocycles. The Hall–Kier alpha value is -3.39. The van der Waals surface area contributed by atoms with Crippen molar-refractivity contribution in [3.8, 4) is 17.6 Å². The van der Waals surface area contributed by atoms with Crippen molar-refractivity contribution in [2.75, 3.05) is 4.90 Å². The normalized spacial score (nSPS) is 27.7. The van der Waals surface area contributed by atoms with E-state index in [1.807, 2.05) is 0 Å². The smallest absolute Gasteiger partial charge is 0.238 e. The highest BCUT2D eigenvalue weighted by Gasteiger charge is 2.59. The lowest BCUT2D eigenvalue weighted by Gasteiger charge is -2.20. The van der Waals surface area contributed by atoms with Crippen LogP contribution in [0.5, 0.6) is 11.5 Å². The second-order valence-corrected chi connectivity index (χ2v) is 7.22. The van der Waals surface area contributed by atoms with Crippen molar-refractivity contribution >= 4 is 17.5 Å². The molecule has 5 rings (SSSR count). The molecule has 2 fully saturated rings. The Bertz CT molecular complexity index is 989. The summed E-state index contributed by atoms with van der Waals surface area (Å²) in [6.07, 6.45) is 5.07. The van der Waals surface area contributed by atoms with Gasteiger partial charge in [-0.05, 0) is 54.7 Å². The highest BCUT2D eigenvalue weighted by atomic mass is 16.5. The van der Waals surface area contributed by atoms with E-state index in [0.29, 0.717) is 22.7 Å². The number of hydrogen-bond acceptors (Lipinski definition) is 4. The third-order valence-electron chi connectivity index (χ3n) is 5.79. The van der Waals surface area contributed by atoms with Crippen molar-refractivity contribution in [3.05, 3.63) is 66.2 Å². The molecule has 0 radical (unpaired) electrons. The minimum absolute atomic E-state index is 0.127. The van der Waals surface area contributed by atoms with Crippen LogP contribution in [0, 0.1) is 35.0 Å². The Morgan fingerprint density at radius 3 is 2.19 bits per heavy atom. The van der Waals surface area contributed by atoms with Gasteiger partial charge in [0.2, 0.25) is 11.8 Å². The van der Waals surface area contributed by atoms with Crippen LogP contribution in [0.2, 0.25) is 0 Å². The Balaban J connectivity index is 1.49. The Labute approximate surface area is 156 Å². The van der Waals surface area contributed by atoms with Crippen LogP contribution in [0.1, 0.15) is 12.0 Å². The molecule has 2 aliphatic carbocycles. The molecule has 5 heteroatoms. The molecular formula is C22H16N2O3. The van der Waals surface area contributed by atoms with Crippen LogP contribution < -0.4 is 9.64 Å². The standard InChI is InChI=1S/C22H16N2O3/c23-12-13-5-9-16(10-6-13)27-18-4-2-1-3-17(18)24-21(25)19-14-7-8-15(11-14)20(19)22(24)26/h1-10,14-15,19-20H,11H2/t14-,15-,19-,20+/m0/s1. The zero-order chi connectivity index (χ0) is 18.5. The van der Waals surface area contributed by atoms with Crippen molar-refractivity contribution in [2.24, 2.45) is 23.7 Å². The molecule has 132 valence electrons. The number of rotatable bonds is 3. The summed E-state index contributed by atoms with van der Waals surface area (Å²) in [5.74, 6) is 0.606. The molecule has 2 bridgehead atoms. The summed E-state index contributed by atoms with van der Waals surface area (Å²) in [4.78, 5) is 27.4. The van der Waals surface area contributed by atoms with E-state index in [-0.39, 0.29) is 35.5 Å². The molecule has 0 N–H and O–H groups in total. The van der Waals surface area contributed by atoms with Crippen LogP contribution in [-0.4, -0.2) is 11.8 Å². The molecule has 1 aliphatic heterocycles. The first kappa shape index (κ1) is 15.8. The molecule has 4 atom stereocenters. The first-order chi connectivity index (χ1) is 13.2. The SMILES string of the molecule is N#Cc1ccc(Oc2ccccc2N2C(=O)[C@@H]3[C@H](C2=O)[C@H]2C=C[C@H]3C2)cc1. The molecule has 2 aromatic carbocycles. The Morgan fingerprint density at radius 2 is 1.56 bits per heavy atom. The molecule has 0 unspecified atom stereocenters. The van der Waals surface area contributed by atoms with Crippen LogP contribution in [0.15, 0.2) is 60.7 Å². The van der Waals surface area contributed by atoms with Crippen LogP contribution >= 0.6 is 0 Å². The van der Waals surface area contributed by atoms with Crippen LogP contribution in [0.3, 0.4) is 0 Å². The van der Waals surface area contributed by atoms with E-state index in [1.165, 1.54) is 4.90 Å². The van der Waals surface area contributed by atoms with Crippen molar-refractivity contribution in [3.63, 3.8) is 0 Å². The first-order valence-electron chi connectivity index (χ1n) is 9.00. The lowest BCUT2D eigenvalue weighted by Crippen LogP contribution is -2.33. The molecule has 3 aliphatic rings. The number of ether oxygens (including phenoxy) is 1. The van der Waals surface area contributed by atoms with Crippen molar-refractivity contribution in [2.45, 2.75) is 6.42 Å². The predicted molar refractivity (Wildman–Crippen MR) is 97.9 cm³/mol. The number of fused-ring (bicyclic) bond motifs is 5. The number of nitriles is 1. The molecule has 2 aromatic rings. The van der Waals surface area contributed by atoms with E-state index < -0.39 is 0 Å². The van der Waals surface area contributed by atoms with Gasteiger partial charge in [0.15, 0.2) is 5.75 Å². The maximum atomic E-state index is 13.1. The number of allylic oxidation sites excluding steroid dienone is 2. The molecule has 0 aromatic heterocycles. The Morgan fingerprint density at radius 1 is 0.926 bits per heavy atom. The number of nitrogens with zero attached hydrogens (tertiary/aromatic N) is 2. The number of benzene rings is 2. The quantitative estimate of drug-likeness (QED) is 0.622. The summed E-state index contributed by atoms with van der Waals surface area (Å²) in [5, 5.41) is 8.91. The van der Waals surface area contributed by atoms with Gasteiger partial charge in [0.1, 0.15) is 5.75 Å². The summed E-state index contributed by atoms with van der Waals surface area (Å²) in [7, 11) is 0. The van der Waals surface area contributed by atoms with Gasteiger partial charge in [-0.3, -0.25) is 9.59 Å². The van der Waals surface area contributed by atoms with E-state index >= 15 is 0 Å². The average molecular weight is 356 g/mol. The summed E-state index contributed by atoms with van der Waals surface area (Å²) in [6, 6.07) is 15.9. The second-order valence-electron chi connectivity index (χ2n) is 7.22. The summed E-state index contributed by atoms with van der Waals surface area (Å²) < 4.78 is 5.94. The fourth-order valence-corrected chi connectivity index (χ4v) is 4.59. The van der Waals surface area contributed by atoms with E-state index in [0.717, 1.165) is 6.42 Å². The van der Waals surface area contributed by atoms with Crippen LogP contribution in [0.25, 0.3) is 0 Å². The number of imide groups is 1. The summed E-state index contributed by atoms with van der Waals surface area (Å²) >= 11 is 0. The van der Waals surface area contributed by atoms with Gasteiger partial charge in [-0.15, -0.1) is 0 Å². The third kappa shape index (κ3) is 2.30. The van der Waals surface area contributed by atoms with Crippen molar-refractivity contribution in [1.29, 1.82) is 5.26 Å². The van der Waals surface area contributed by atoms with Crippen LogP contribution in [0.4, 0.5) is 5.69 Å². The topological polar surface area (TPSA) is 70.4 Å². The van der Waals surface area contributed by atoms with Gasteiger partial charge >= 0.3 is 0 Å². The van der Waals surface area contributed by atoms with E-state index in [9.17, 15) is 9.59 Å². The molecule has 1 heterocycles. The van der Waals surface area contributed by atoms with Crippen molar-refractivity contribution in [1.82, 2.24) is 0 Å².